The monoisotopic (exact) mass is 278 g/mol. The number of nitrogens with zero attached hydrogens (tertiary/aromatic N) is 2. The van der Waals surface area contributed by atoms with Crippen LogP contribution in [0.4, 0.5) is 11.6 Å². The third-order valence-electron chi connectivity index (χ3n) is 2.55. The molecule has 1 aromatic carbocycles. The summed E-state index contributed by atoms with van der Waals surface area (Å²) in [6.07, 6.45) is 3.96. The zero-order chi connectivity index (χ0) is 13.9. The number of sulfonamides is 1. The van der Waals surface area contributed by atoms with Gasteiger partial charge in [-0.1, -0.05) is 19.1 Å². The SMILES string of the molecule is CCc1cnc(NS(=O)(=O)c2ccccc2N)nc1. The number of nitrogens with two attached hydrogens (primary N) is 1. The lowest BCUT2D eigenvalue weighted by Crippen LogP contribution is -2.16. The average molecular weight is 278 g/mol. The summed E-state index contributed by atoms with van der Waals surface area (Å²) >= 11 is 0. The molecule has 1 aromatic heterocycles. The summed E-state index contributed by atoms with van der Waals surface area (Å²) < 4.78 is 26.5. The average Bonchev–Trinajstić information content (AvgIpc) is 2.39. The van der Waals surface area contributed by atoms with E-state index >= 15 is 0 Å². The Bertz CT molecular complexity index is 668. The Kier molecular flexibility index (Phi) is 3.66. The minimum Gasteiger partial charge on any atom is -0.398 e. The fourth-order valence-electron chi connectivity index (χ4n) is 1.49. The Morgan fingerprint density at radius 3 is 2.42 bits per heavy atom. The molecule has 0 saturated carbocycles. The minimum absolute atomic E-state index is 0.0122. The van der Waals surface area contributed by atoms with Gasteiger partial charge in [0.25, 0.3) is 10.0 Å². The molecule has 3 N–H and O–H groups in total. The maximum absolute atomic E-state index is 12.1. The van der Waals surface area contributed by atoms with Crippen LogP contribution >= 0.6 is 0 Å². The number of para-hydroxylation sites is 1. The van der Waals surface area contributed by atoms with E-state index in [1.54, 1.807) is 24.5 Å². The number of rotatable bonds is 4. The van der Waals surface area contributed by atoms with Crippen molar-refractivity contribution in [1.82, 2.24) is 9.97 Å². The van der Waals surface area contributed by atoms with Crippen LogP contribution in [0.1, 0.15) is 12.5 Å². The fourth-order valence-corrected chi connectivity index (χ4v) is 2.58. The molecule has 0 saturated heterocycles. The lowest BCUT2D eigenvalue weighted by Gasteiger charge is -2.08. The second-order valence-electron chi connectivity index (χ2n) is 3.91. The highest BCUT2D eigenvalue weighted by atomic mass is 32.2. The largest absolute Gasteiger partial charge is 0.398 e. The number of nitrogen functional groups attached to an aromatic ring is 1. The Balaban J connectivity index is 2.28. The topological polar surface area (TPSA) is 98.0 Å². The first-order valence-corrected chi connectivity index (χ1v) is 7.19. The van der Waals surface area contributed by atoms with Gasteiger partial charge in [-0.2, -0.15) is 0 Å². The number of aryl methyl sites for hydroxylation is 1. The molecule has 0 aliphatic heterocycles. The molecule has 7 heteroatoms. The van der Waals surface area contributed by atoms with Crippen molar-refractivity contribution in [3.8, 4) is 0 Å². The first kappa shape index (κ1) is 13.3. The molecule has 19 heavy (non-hydrogen) atoms. The molecule has 0 aliphatic carbocycles. The summed E-state index contributed by atoms with van der Waals surface area (Å²) in [6, 6.07) is 6.22. The van der Waals surface area contributed by atoms with Gasteiger partial charge in [0, 0.05) is 12.4 Å². The van der Waals surface area contributed by atoms with E-state index in [1.165, 1.54) is 12.1 Å². The van der Waals surface area contributed by atoms with Crippen LogP contribution in [0.3, 0.4) is 0 Å². The van der Waals surface area contributed by atoms with Gasteiger partial charge in [0.1, 0.15) is 4.90 Å². The van der Waals surface area contributed by atoms with Crippen LogP contribution in [-0.2, 0) is 16.4 Å². The molecule has 1 heterocycles. The van der Waals surface area contributed by atoms with Crippen molar-refractivity contribution in [2.24, 2.45) is 0 Å². The van der Waals surface area contributed by atoms with Crippen molar-refractivity contribution in [1.29, 1.82) is 0 Å². The third kappa shape index (κ3) is 3.00. The Morgan fingerprint density at radius 1 is 1.21 bits per heavy atom. The third-order valence-corrected chi connectivity index (χ3v) is 3.95. The number of benzene rings is 1. The molecule has 0 fully saturated rings. The van der Waals surface area contributed by atoms with Crippen LogP contribution in [0.5, 0.6) is 0 Å². The second-order valence-corrected chi connectivity index (χ2v) is 5.56. The molecule has 100 valence electrons. The molecule has 2 rings (SSSR count). The van der Waals surface area contributed by atoms with E-state index in [0.29, 0.717) is 0 Å². The molecule has 0 spiro atoms. The minimum atomic E-state index is -3.76. The molecule has 0 bridgehead atoms. The van der Waals surface area contributed by atoms with Gasteiger partial charge in [-0.15, -0.1) is 0 Å². The molecule has 0 unspecified atom stereocenters. The summed E-state index contributed by atoms with van der Waals surface area (Å²) in [5.74, 6) is 0.0282. The fraction of sp³-hybridized carbons (Fsp3) is 0.167. The summed E-state index contributed by atoms with van der Waals surface area (Å²) in [4.78, 5) is 7.91. The van der Waals surface area contributed by atoms with Crippen LogP contribution in [-0.4, -0.2) is 18.4 Å². The smallest absolute Gasteiger partial charge is 0.266 e. The van der Waals surface area contributed by atoms with Crippen LogP contribution in [0.15, 0.2) is 41.6 Å². The van der Waals surface area contributed by atoms with Gasteiger partial charge >= 0.3 is 0 Å². The Labute approximate surface area is 111 Å². The van der Waals surface area contributed by atoms with E-state index in [0.717, 1.165) is 12.0 Å². The van der Waals surface area contributed by atoms with Gasteiger partial charge in [0.15, 0.2) is 0 Å². The van der Waals surface area contributed by atoms with Crippen LogP contribution in [0, 0.1) is 0 Å². The van der Waals surface area contributed by atoms with E-state index in [-0.39, 0.29) is 16.5 Å². The summed E-state index contributed by atoms with van der Waals surface area (Å²) in [5.41, 5.74) is 6.76. The first-order chi connectivity index (χ1) is 9.03. The highest BCUT2D eigenvalue weighted by Crippen LogP contribution is 2.19. The molecule has 0 atom stereocenters. The van der Waals surface area contributed by atoms with Gasteiger partial charge in [-0.25, -0.2) is 23.1 Å². The van der Waals surface area contributed by atoms with Crippen molar-refractivity contribution < 1.29 is 8.42 Å². The zero-order valence-electron chi connectivity index (χ0n) is 10.4. The number of hydrogen-bond donors (Lipinski definition) is 2. The van der Waals surface area contributed by atoms with Crippen LogP contribution < -0.4 is 10.5 Å². The number of hydrogen-bond acceptors (Lipinski definition) is 5. The van der Waals surface area contributed by atoms with Gasteiger partial charge in [0.2, 0.25) is 5.95 Å². The quantitative estimate of drug-likeness (QED) is 0.824. The highest BCUT2D eigenvalue weighted by Gasteiger charge is 2.17. The van der Waals surface area contributed by atoms with Gasteiger partial charge < -0.3 is 5.73 Å². The van der Waals surface area contributed by atoms with Gasteiger partial charge in [0.05, 0.1) is 5.69 Å². The molecule has 0 aliphatic rings. The van der Waals surface area contributed by atoms with E-state index < -0.39 is 10.0 Å². The molecule has 0 radical (unpaired) electrons. The predicted molar refractivity (Wildman–Crippen MR) is 73.1 cm³/mol. The molecular formula is C12H14N4O2S. The summed E-state index contributed by atoms with van der Waals surface area (Å²) in [6.45, 7) is 1.97. The first-order valence-electron chi connectivity index (χ1n) is 5.71. The lowest BCUT2D eigenvalue weighted by molar-refractivity contribution is 0.601. The summed E-state index contributed by atoms with van der Waals surface area (Å²) in [7, 11) is -3.76. The van der Waals surface area contributed by atoms with E-state index in [9.17, 15) is 8.42 Å². The maximum Gasteiger partial charge on any atom is 0.266 e. The van der Waals surface area contributed by atoms with Crippen molar-refractivity contribution >= 4 is 21.7 Å². The van der Waals surface area contributed by atoms with Crippen LogP contribution in [0.2, 0.25) is 0 Å². The van der Waals surface area contributed by atoms with E-state index in [4.69, 9.17) is 5.73 Å². The lowest BCUT2D eigenvalue weighted by atomic mass is 10.3. The van der Waals surface area contributed by atoms with Crippen molar-refractivity contribution in [3.05, 3.63) is 42.2 Å². The highest BCUT2D eigenvalue weighted by molar-refractivity contribution is 7.92. The van der Waals surface area contributed by atoms with Gasteiger partial charge in [-0.3, -0.25) is 0 Å². The number of aromatic nitrogens is 2. The predicted octanol–water partition coefficient (Wildman–Crippen LogP) is 1.42. The maximum atomic E-state index is 12.1. The normalized spacial score (nSPS) is 11.2. The van der Waals surface area contributed by atoms with Gasteiger partial charge in [-0.05, 0) is 24.1 Å². The van der Waals surface area contributed by atoms with E-state index in [2.05, 4.69) is 14.7 Å². The van der Waals surface area contributed by atoms with Crippen molar-refractivity contribution in [3.63, 3.8) is 0 Å². The second kappa shape index (κ2) is 5.23. The molecule has 0 amide bonds. The molecule has 6 nitrogen and oxygen atoms in total. The Morgan fingerprint density at radius 2 is 1.84 bits per heavy atom. The van der Waals surface area contributed by atoms with Crippen molar-refractivity contribution in [2.45, 2.75) is 18.2 Å². The van der Waals surface area contributed by atoms with E-state index in [1.807, 2.05) is 6.92 Å². The number of nitrogens with one attached hydrogen (secondary N) is 1. The molecular weight excluding hydrogens is 264 g/mol. The zero-order valence-corrected chi connectivity index (χ0v) is 11.2. The Hall–Kier alpha value is -2.15. The number of anilines is 2. The summed E-state index contributed by atoms with van der Waals surface area (Å²) in [5, 5.41) is 0. The van der Waals surface area contributed by atoms with Crippen LogP contribution in [0.25, 0.3) is 0 Å². The van der Waals surface area contributed by atoms with Crippen molar-refractivity contribution in [2.75, 3.05) is 10.5 Å². The standard InChI is InChI=1S/C12H14N4O2S/c1-2-9-7-14-12(15-8-9)16-19(17,18)11-6-4-3-5-10(11)13/h3-8H,2,13H2,1H3,(H,14,15,16). The molecule has 2 aromatic rings.